The number of nitrogens with one attached hydrogen (secondary N) is 2. The third-order valence-corrected chi connectivity index (χ3v) is 9.08. The van der Waals surface area contributed by atoms with Crippen LogP contribution in [0.1, 0.15) is 46.1 Å². The molecule has 2 N–H and O–H groups in total. The molecule has 1 amide bonds. The number of benzene rings is 2. The van der Waals surface area contributed by atoms with Gasteiger partial charge in [-0.25, -0.2) is 0 Å². The van der Waals surface area contributed by atoms with Crippen molar-refractivity contribution in [1.29, 1.82) is 0 Å². The number of likely N-dealkylation sites (N-methyl/N-ethyl adjacent to an activating group) is 1. The Balaban J connectivity index is 1.41. The first-order chi connectivity index (χ1) is 19.9. The highest BCUT2D eigenvalue weighted by atomic mass is 16.6. The van der Waals surface area contributed by atoms with Crippen molar-refractivity contribution in [3.05, 3.63) is 58.9 Å². The third-order valence-electron chi connectivity index (χ3n) is 9.08. The van der Waals surface area contributed by atoms with Gasteiger partial charge in [-0.2, -0.15) is 5.10 Å². The standard InChI is InChI=1S/C32H39N7O2/c1-5-41-35-20(2)21-7-10-27-23(17-21)29-24-18-33-32(40)30(24)28-22(8-9-26-25(28)19-37(4)34-26)31(29)39(27)12-6-11-38-15-13-36(3)14-16-38/h7,10,17,19,35H,2,5-6,8-9,11-16,18H2,1,3-4H3,(H,33,40). The molecule has 2 aromatic heterocycles. The molecule has 0 spiro atoms. The summed E-state index contributed by atoms with van der Waals surface area (Å²) in [6.07, 6.45) is 4.91. The molecule has 1 aliphatic carbocycles. The lowest BCUT2D eigenvalue weighted by molar-refractivity contribution is 0.0901. The summed E-state index contributed by atoms with van der Waals surface area (Å²) in [5.74, 6) is 0.0180. The monoisotopic (exact) mass is 553 g/mol. The van der Waals surface area contributed by atoms with Crippen LogP contribution in [0.25, 0.3) is 38.6 Å². The van der Waals surface area contributed by atoms with Gasteiger partial charge in [-0.15, -0.1) is 0 Å². The first-order valence-corrected chi connectivity index (χ1v) is 14.9. The zero-order valence-electron chi connectivity index (χ0n) is 24.3. The number of amides is 1. The molecule has 1 fully saturated rings. The molecule has 0 radical (unpaired) electrons. The Bertz CT molecular complexity index is 1690. The van der Waals surface area contributed by atoms with Crippen LogP contribution in [-0.2, 0) is 37.8 Å². The largest absolute Gasteiger partial charge is 0.348 e. The van der Waals surface area contributed by atoms with Gasteiger partial charge in [0.2, 0.25) is 0 Å². The van der Waals surface area contributed by atoms with Crippen LogP contribution in [0.3, 0.4) is 0 Å². The van der Waals surface area contributed by atoms with E-state index in [1.807, 2.05) is 18.7 Å². The summed E-state index contributed by atoms with van der Waals surface area (Å²) in [5.41, 5.74) is 13.7. The molecule has 214 valence electrons. The number of aromatic nitrogens is 3. The number of rotatable bonds is 8. The molecule has 9 heteroatoms. The Hall–Kier alpha value is -3.66. The summed E-state index contributed by atoms with van der Waals surface area (Å²) in [4.78, 5) is 23.9. The molecule has 2 aliphatic heterocycles. The van der Waals surface area contributed by atoms with E-state index in [-0.39, 0.29) is 5.91 Å². The van der Waals surface area contributed by atoms with Crippen molar-refractivity contribution in [3.63, 3.8) is 0 Å². The second-order valence-electron chi connectivity index (χ2n) is 11.7. The van der Waals surface area contributed by atoms with Crippen LogP contribution in [0.4, 0.5) is 0 Å². The van der Waals surface area contributed by atoms with Crippen LogP contribution in [0.5, 0.6) is 0 Å². The van der Waals surface area contributed by atoms with Crippen molar-refractivity contribution in [2.45, 2.75) is 39.3 Å². The highest BCUT2D eigenvalue weighted by Crippen LogP contribution is 2.47. The SMILES string of the molecule is C=C(NOCC)c1ccc2c(c1)c1c3c(c4c(c1n2CCCN1CCN(C)CC1)CCc1nn(C)cc1-4)C(=O)NC3. The minimum absolute atomic E-state index is 0.0180. The zero-order chi connectivity index (χ0) is 28.2. The normalized spacial score (nSPS) is 17.1. The fraction of sp³-hybridized carbons (Fsp3) is 0.438. The lowest BCUT2D eigenvalue weighted by Gasteiger charge is -2.32. The Kier molecular flexibility index (Phi) is 6.60. The molecule has 2 aromatic carbocycles. The Labute approximate surface area is 240 Å². The van der Waals surface area contributed by atoms with E-state index in [0.717, 1.165) is 97.7 Å². The van der Waals surface area contributed by atoms with Gasteiger partial charge in [0, 0.05) is 85.5 Å². The van der Waals surface area contributed by atoms with Crippen LogP contribution in [0.2, 0.25) is 0 Å². The van der Waals surface area contributed by atoms with Crippen LogP contribution in [0, 0.1) is 0 Å². The first-order valence-electron chi connectivity index (χ1n) is 14.9. The van der Waals surface area contributed by atoms with Crippen molar-refractivity contribution in [2.75, 3.05) is 46.4 Å². The van der Waals surface area contributed by atoms with E-state index >= 15 is 0 Å². The molecule has 41 heavy (non-hydrogen) atoms. The molecular formula is C32H39N7O2. The van der Waals surface area contributed by atoms with Gasteiger partial charge >= 0.3 is 0 Å². The number of hydrogen-bond acceptors (Lipinski definition) is 6. The first kappa shape index (κ1) is 26.3. The highest BCUT2D eigenvalue weighted by molar-refractivity contribution is 6.19. The molecule has 4 aromatic rings. The predicted octanol–water partition coefficient (Wildman–Crippen LogP) is 3.69. The molecule has 1 saturated heterocycles. The fourth-order valence-corrected chi connectivity index (χ4v) is 7.08. The van der Waals surface area contributed by atoms with Gasteiger partial charge in [-0.3, -0.25) is 19.8 Å². The number of carbonyl (C=O) groups excluding carboxylic acids is 1. The topological polar surface area (TPSA) is 79.6 Å². The van der Waals surface area contributed by atoms with Gasteiger partial charge in [0.1, 0.15) is 0 Å². The molecule has 0 atom stereocenters. The van der Waals surface area contributed by atoms with Crippen LogP contribution in [0.15, 0.2) is 31.0 Å². The van der Waals surface area contributed by atoms with Crippen LogP contribution >= 0.6 is 0 Å². The summed E-state index contributed by atoms with van der Waals surface area (Å²) in [5, 5.41) is 10.3. The third kappa shape index (κ3) is 4.34. The minimum Gasteiger partial charge on any atom is -0.348 e. The van der Waals surface area contributed by atoms with E-state index in [2.05, 4.69) is 63.2 Å². The van der Waals surface area contributed by atoms with E-state index in [9.17, 15) is 4.79 Å². The van der Waals surface area contributed by atoms with E-state index in [0.29, 0.717) is 13.2 Å². The Morgan fingerprint density at radius 3 is 2.73 bits per heavy atom. The molecule has 0 bridgehead atoms. The Morgan fingerprint density at radius 2 is 1.93 bits per heavy atom. The average Bonchev–Trinajstić information content (AvgIpc) is 3.65. The van der Waals surface area contributed by atoms with Gasteiger partial charge < -0.3 is 19.7 Å². The molecule has 3 aliphatic rings. The van der Waals surface area contributed by atoms with Crippen molar-refractivity contribution in [2.24, 2.45) is 7.05 Å². The lowest BCUT2D eigenvalue weighted by Crippen LogP contribution is -2.44. The maximum atomic E-state index is 13.4. The molecular weight excluding hydrogens is 514 g/mol. The summed E-state index contributed by atoms with van der Waals surface area (Å²) in [6.45, 7) is 13.8. The maximum Gasteiger partial charge on any atom is 0.252 e. The fourth-order valence-electron chi connectivity index (χ4n) is 7.08. The number of hydroxylamine groups is 1. The van der Waals surface area contributed by atoms with Gasteiger partial charge in [0.05, 0.1) is 29.1 Å². The summed E-state index contributed by atoms with van der Waals surface area (Å²) < 4.78 is 4.42. The number of piperazine rings is 1. The molecule has 0 saturated carbocycles. The lowest BCUT2D eigenvalue weighted by atomic mass is 9.82. The van der Waals surface area contributed by atoms with Crippen molar-refractivity contribution < 1.29 is 9.63 Å². The predicted molar refractivity (Wildman–Crippen MR) is 163 cm³/mol. The van der Waals surface area contributed by atoms with Crippen molar-refractivity contribution >= 4 is 33.4 Å². The van der Waals surface area contributed by atoms with Crippen molar-refractivity contribution in [3.8, 4) is 11.1 Å². The Morgan fingerprint density at radius 1 is 1.10 bits per heavy atom. The van der Waals surface area contributed by atoms with Crippen molar-refractivity contribution in [1.82, 2.24) is 34.9 Å². The second-order valence-corrected chi connectivity index (χ2v) is 11.7. The maximum absolute atomic E-state index is 13.4. The number of hydrogen-bond donors (Lipinski definition) is 2. The van der Waals surface area contributed by atoms with Gasteiger partial charge in [-0.05, 0) is 63.0 Å². The van der Waals surface area contributed by atoms with E-state index < -0.39 is 0 Å². The summed E-state index contributed by atoms with van der Waals surface area (Å²) >= 11 is 0. The number of nitrogens with zero attached hydrogens (tertiary/aromatic N) is 5. The van der Waals surface area contributed by atoms with E-state index in [4.69, 9.17) is 9.94 Å². The highest BCUT2D eigenvalue weighted by Gasteiger charge is 2.35. The number of carbonyl (C=O) groups is 1. The summed E-state index contributed by atoms with van der Waals surface area (Å²) in [7, 11) is 4.17. The molecule has 9 nitrogen and oxygen atoms in total. The zero-order valence-corrected chi connectivity index (χ0v) is 24.3. The molecule has 0 unspecified atom stereocenters. The molecule has 7 rings (SSSR count). The van der Waals surface area contributed by atoms with Gasteiger partial charge in [-0.1, -0.05) is 12.6 Å². The van der Waals surface area contributed by atoms with E-state index in [1.54, 1.807) is 0 Å². The number of fused-ring (bicyclic) bond motifs is 10. The smallest absolute Gasteiger partial charge is 0.252 e. The van der Waals surface area contributed by atoms with Gasteiger partial charge in [0.15, 0.2) is 0 Å². The molecule has 4 heterocycles. The second kappa shape index (κ2) is 10.3. The minimum atomic E-state index is 0.0180. The van der Waals surface area contributed by atoms with Gasteiger partial charge in [0.25, 0.3) is 5.91 Å². The summed E-state index contributed by atoms with van der Waals surface area (Å²) in [6, 6.07) is 6.57. The number of aryl methyl sites for hydroxylation is 4. The van der Waals surface area contributed by atoms with Crippen LogP contribution < -0.4 is 10.8 Å². The van der Waals surface area contributed by atoms with Crippen LogP contribution in [-0.4, -0.2) is 76.4 Å². The quantitative estimate of drug-likeness (QED) is 0.324. The average molecular weight is 554 g/mol. The van der Waals surface area contributed by atoms with E-state index in [1.165, 1.54) is 27.4 Å².